The van der Waals surface area contributed by atoms with Gasteiger partial charge in [-0.2, -0.15) is 5.10 Å². The Morgan fingerprint density at radius 1 is 1.00 bits per heavy atom. The smallest absolute Gasteiger partial charge is 0.328 e. The van der Waals surface area contributed by atoms with Crippen LogP contribution in [-0.4, -0.2) is 26.9 Å². The first-order chi connectivity index (χ1) is 18.1. The summed E-state index contributed by atoms with van der Waals surface area (Å²) in [4.78, 5) is 13.5. The van der Waals surface area contributed by atoms with Crippen LogP contribution in [0.2, 0.25) is 0 Å². The molecule has 1 aromatic heterocycles. The largest absolute Gasteiger partial charge is 0.478 e. The van der Waals surface area contributed by atoms with E-state index in [1.165, 1.54) is 39.6 Å². The lowest BCUT2D eigenvalue weighted by molar-refractivity contribution is -0.131. The van der Waals surface area contributed by atoms with Crippen LogP contribution in [0.5, 0.6) is 0 Å². The number of hydrogen-bond acceptors (Lipinski definition) is 3. The highest BCUT2D eigenvalue weighted by molar-refractivity contribution is 5.85. The van der Waals surface area contributed by atoms with Crippen LogP contribution in [0.3, 0.4) is 0 Å². The van der Waals surface area contributed by atoms with E-state index >= 15 is 0 Å². The molecule has 0 aliphatic carbocycles. The van der Waals surface area contributed by atoms with E-state index in [4.69, 9.17) is 5.11 Å². The molecule has 0 spiro atoms. The first-order valence-corrected chi connectivity index (χ1v) is 13.1. The van der Waals surface area contributed by atoms with Gasteiger partial charge in [-0.3, -0.25) is 4.68 Å². The average Bonchev–Trinajstić information content (AvgIpc) is 3.32. The van der Waals surface area contributed by atoms with Crippen LogP contribution < -0.4 is 4.90 Å². The summed E-state index contributed by atoms with van der Waals surface area (Å²) in [7, 11) is 1.94. The topological polar surface area (TPSA) is 58.4 Å². The first-order valence-electron chi connectivity index (χ1n) is 13.1. The molecule has 0 saturated carbocycles. The molecule has 0 fully saturated rings. The molecule has 0 amide bonds. The number of fused-ring (bicyclic) bond motifs is 1. The van der Waals surface area contributed by atoms with Crippen LogP contribution in [-0.2, 0) is 23.7 Å². The van der Waals surface area contributed by atoms with Gasteiger partial charge >= 0.3 is 5.97 Å². The number of aromatic nitrogens is 2. The number of benzene rings is 3. The summed E-state index contributed by atoms with van der Waals surface area (Å²) in [5.74, 6) is -0.946. The van der Waals surface area contributed by atoms with Gasteiger partial charge < -0.3 is 10.0 Å². The predicted molar refractivity (Wildman–Crippen MR) is 154 cm³/mol. The number of aryl methyl sites for hydroxylation is 1. The van der Waals surface area contributed by atoms with Gasteiger partial charge in [0.1, 0.15) is 0 Å². The molecular formula is C33H35N3O2. The lowest BCUT2D eigenvalue weighted by atomic mass is 9.82. The molecule has 3 aromatic carbocycles. The molecule has 1 aliphatic heterocycles. The lowest BCUT2D eigenvalue weighted by Crippen LogP contribution is -2.43. The van der Waals surface area contributed by atoms with Crippen molar-refractivity contribution in [1.29, 1.82) is 0 Å². The Morgan fingerprint density at radius 3 is 2.32 bits per heavy atom. The Kier molecular flexibility index (Phi) is 6.70. The fourth-order valence-corrected chi connectivity index (χ4v) is 5.45. The second-order valence-corrected chi connectivity index (χ2v) is 11.3. The molecule has 1 N–H and O–H groups in total. The molecule has 5 nitrogen and oxygen atoms in total. The predicted octanol–water partition coefficient (Wildman–Crippen LogP) is 7.02. The number of nitrogens with zero attached hydrogens (tertiary/aromatic N) is 3. The van der Waals surface area contributed by atoms with E-state index in [9.17, 15) is 4.79 Å². The van der Waals surface area contributed by atoms with Crippen LogP contribution in [0, 0.1) is 0 Å². The summed E-state index contributed by atoms with van der Waals surface area (Å²) in [6, 6.07) is 24.4. The van der Waals surface area contributed by atoms with Gasteiger partial charge in [0, 0.05) is 36.6 Å². The van der Waals surface area contributed by atoms with Crippen LogP contribution in [0.4, 0.5) is 5.69 Å². The molecule has 2 atom stereocenters. The van der Waals surface area contributed by atoms with Crippen molar-refractivity contribution >= 4 is 17.7 Å². The maximum absolute atomic E-state index is 11.0. The number of carbonyl (C=O) groups is 1. The fourth-order valence-electron chi connectivity index (χ4n) is 5.45. The Balaban J connectivity index is 1.60. The minimum atomic E-state index is -0.946. The summed E-state index contributed by atoms with van der Waals surface area (Å²) in [6.45, 7) is 9.02. The van der Waals surface area contributed by atoms with E-state index in [1.54, 1.807) is 6.08 Å². The lowest BCUT2D eigenvalue weighted by Gasteiger charge is -2.44. The standard InChI is InChI=1S/C33H35N3O2/c1-22-18-26-19-25(27-20-34-35(5)21-27)11-16-30(26)32(24-9-6-23(7-10-24)8-17-31(37)38)36(22)29-14-12-28(13-15-29)33(2,3)4/h6-17,19-22,32H,18H2,1-5H3,(H,37,38)/b17-8+/t22-,32-/m0/s1. The van der Waals surface area contributed by atoms with Crippen molar-refractivity contribution in [2.75, 3.05) is 4.90 Å². The summed E-state index contributed by atoms with van der Waals surface area (Å²) >= 11 is 0. The highest BCUT2D eigenvalue weighted by Gasteiger charge is 2.34. The molecule has 1 aliphatic rings. The van der Waals surface area contributed by atoms with Crippen molar-refractivity contribution < 1.29 is 9.90 Å². The fraction of sp³-hybridized carbons (Fsp3) is 0.273. The quantitative estimate of drug-likeness (QED) is 0.296. The number of anilines is 1. The zero-order chi connectivity index (χ0) is 27.0. The van der Waals surface area contributed by atoms with Crippen molar-refractivity contribution in [3.63, 3.8) is 0 Å². The molecule has 0 bridgehead atoms. The van der Waals surface area contributed by atoms with Crippen molar-refractivity contribution in [2.24, 2.45) is 7.05 Å². The summed E-state index contributed by atoms with van der Waals surface area (Å²) in [5, 5.41) is 13.4. The molecule has 0 saturated heterocycles. The van der Waals surface area contributed by atoms with Gasteiger partial charge in [0.15, 0.2) is 0 Å². The van der Waals surface area contributed by atoms with E-state index in [1.807, 2.05) is 30.1 Å². The zero-order valence-corrected chi connectivity index (χ0v) is 22.7. The number of carboxylic acid groups (broad SMARTS) is 1. The third kappa shape index (κ3) is 5.14. The summed E-state index contributed by atoms with van der Waals surface area (Å²) in [5.41, 5.74) is 9.61. The van der Waals surface area contributed by atoms with Gasteiger partial charge in [-0.05, 0) is 70.3 Å². The van der Waals surface area contributed by atoms with Gasteiger partial charge in [0.25, 0.3) is 0 Å². The van der Waals surface area contributed by atoms with Crippen LogP contribution in [0.25, 0.3) is 17.2 Å². The van der Waals surface area contributed by atoms with Gasteiger partial charge in [-0.1, -0.05) is 75.4 Å². The van der Waals surface area contributed by atoms with Crippen LogP contribution in [0.15, 0.2) is 85.2 Å². The molecule has 5 heteroatoms. The average molecular weight is 506 g/mol. The Morgan fingerprint density at radius 2 is 1.71 bits per heavy atom. The van der Waals surface area contributed by atoms with Gasteiger partial charge in [-0.25, -0.2) is 4.79 Å². The van der Waals surface area contributed by atoms with E-state index < -0.39 is 5.97 Å². The molecular weight excluding hydrogens is 470 g/mol. The van der Waals surface area contributed by atoms with Crippen molar-refractivity contribution in [3.8, 4) is 11.1 Å². The molecule has 38 heavy (non-hydrogen) atoms. The van der Waals surface area contributed by atoms with Crippen molar-refractivity contribution in [2.45, 2.75) is 51.6 Å². The van der Waals surface area contributed by atoms with Gasteiger partial charge in [0.05, 0.1) is 12.2 Å². The molecule has 194 valence electrons. The maximum atomic E-state index is 11.0. The Bertz CT molecular complexity index is 1470. The maximum Gasteiger partial charge on any atom is 0.328 e. The highest BCUT2D eigenvalue weighted by atomic mass is 16.4. The molecule has 0 radical (unpaired) electrons. The number of rotatable bonds is 5. The SMILES string of the molecule is C[C@H]1Cc2cc(-c3cnn(C)c3)ccc2[C@H](c2ccc(/C=C/C(=O)O)cc2)N1c1ccc(C(C)(C)C)cc1. The number of aliphatic carboxylic acids is 1. The van der Waals surface area contributed by atoms with E-state index in [-0.39, 0.29) is 17.5 Å². The van der Waals surface area contributed by atoms with Crippen molar-refractivity contribution in [1.82, 2.24) is 9.78 Å². The van der Waals surface area contributed by atoms with Gasteiger partial charge in [0.2, 0.25) is 0 Å². The second-order valence-electron chi connectivity index (χ2n) is 11.3. The minimum absolute atomic E-state index is 0.0367. The minimum Gasteiger partial charge on any atom is -0.478 e. The Hall–Kier alpha value is -4.12. The molecule has 4 aromatic rings. The zero-order valence-electron chi connectivity index (χ0n) is 22.7. The van der Waals surface area contributed by atoms with E-state index in [2.05, 4.69) is 98.5 Å². The first kappa shape index (κ1) is 25.5. The normalized spacial score (nSPS) is 17.6. The summed E-state index contributed by atoms with van der Waals surface area (Å²) in [6.07, 6.45) is 7.72. The van der Waals surface area contributed by atoms with Crippen LogP contribution >= 0.6 is 0 Å². The molecule has 0 unspecified atom stereocenters. The number of carboxylic acids is 1. The molecule has 2 heterocycles. The second kappa shape index (κ2) is 9.97. The monoisotopic (exact) mass is 505 g/mol. The van der Waals surface area contributed by atoms with E-state index in [0.29, 0.717) is 0 Å². The van der Waals surface area contributed by atoms with E-state index in [0.717, 1.165) is 17.5 Å². The number of hydrogen-bond donors (Lipinski definition) is 1. The molecule has 5 rings (SSSR count). The summed E-state index contributed by atoms with van der Waals surface area (Å²) < 4.78 is 1.84. The third-order valence-electron chi connectivity index (χ3n) is 7.45. The van der Waals surface area contributed by atoms with Crippen molar-refractivity contribution in [3.05, 3.63) is 113 Å². The Labute approximate surface area is 225 Å². The van der Waals surface area contributed by atoms with Crippen LogP contribution in [0.1, 0.15) is 61.6 Å². The highest BCUT2D eigenvalue weighted by Crippen LogP contribution is 2.42. The third-order valence-corrected chi connectivity index (χ3v) is 7.45. The van der Waals surface area contributed by atoms with Gasteiger partial charge in [-0.15, -0.1) is 0 Å².